The van der Waals surface area contributed by atoms with Crippen LogP contribution in [0, 0.1) is 12.2 Å². The number of hydrogen-bond donors (Lipinski definition) is 0. The van der Waals surface area contributed by atoms with Crippen molar-refractivity contribution in [1.29, 1.82) is 0 Å². The summed E-state index contributed by atoms with van der Waals surface area (Å²) in [6, 6.07) is 0. The Balaban J connectivity index is -0.000000196. The molecule has 92 valence electrons. The standard InChI is InChI=1S/2C7H9.2BrH.Hf/c2*1-6-4-3-5-7(6)2;;;/h2*4H,3H2,1-2H3;2*1H;/q2*-1;;;+4/p-2. The van der Waals surface area contributed by atoms with Crippen LogP contribution in [0.2, 0.25) is 0 Å². The van der Waals surface area contributed by atoms with E-state index in [2.05, 4.69) is 52.0 Å². The summed E-state index contributed by atoms with van der Waals surface area (Å²) in [6.45, 7) is 8.43. The van der Waals surface area contributed by atoms with Crippen molar-refractivity contribution in [2.75, 3.05) is 0 Å². The largest absolute Gasteiger partial charge is 4.00 e. The smallest absolute Gasteiger partial charge is 1.00 e. The fourth-order valence-electron chi connectivity index (χ4n) is 1.30. The van der Waals surface area contributed by atoms with Gasteiger partial charge in [0.05, 0.1) is 0 Å². The van der Waals surface area contributed by atoms with Gasteiger partial charge < -0.3 is 34.0 Å². The maximum Gasteiger partial charge on any atom is 4.00 e. The molecule has 2 rings (SSSR count). The second kappa shape index (κ2) is 11.9. The summed E-state index contributed by atoms with van der Waals surface area (Å²) in [7, 11) is 0. The minimum absolute atomic E-state index is 0. The molecule has 0 atom stereocenters. The molecule has 17 heavy (non-hydrogen) atoms. The molecule has 0 spiro atoms. The van der Waals surface area contributed by atoms with Crippen LogP contribution in [-0.4, -0.2) is 0 Å². The molecule has 2 aliphatic carbocycles. The van der Waals surface area contributed by atoms with Gasteiger partial charge in [0.1, 0.15) is 0 Å². The molecule has 0 fully saturated rings. The first-order chi connectivity index (χ1) is 6.61. The predicted octanol–water partition coefficient (Wildman–Crippen LogP) is -1.82. The minimum atomic E-state index is 0. The first kappa shape index (κ1) is 22.9. The predicted molar refractivity (Wildman–Crippen MR) is 61.6 cm³/mol. The molecule has 0 saturated carbocycles. The van der Waals surface area contributed by atoms with Gasteiger partial charge in [0, 0.05) is 0 Å². The fourth-order valence-corrected chi connectivity index (χ4v) is 1.30. The van der Waals surface area contributed by atoms with E-state index < -0.39 is 0 Å². The van der Waals surface area contributed by atoms with E-state index in [0.29, 0.717) is 0 Å². The van der Waals surface area contributed by atoms with E-state index in [9.17, 15) is 0 Å². The van der Waals surface area contributed by atoms with Gasteiger partial charge in [0.2, 0.25) is 0 Å². The average Bonchev–Trinajstić information content (AvgIpc) is 2.67. The van der Waals surface area contributed by atoms with Gasteiger partial charge in [0.25, 0.3) is 0 Å². The van der Waals surface area contributed by atoms with Crippen LogP contribution in [0.5, 0.6) is 0 Å². The molecule has 3 heteroatoms. The molecule has 0 radical (unpaired) electrons. The molecule has 0 amide bonds. The Labute approximate surface area is 146 Å². The third-order valence-corrected chi connectivity index (χ3v) is 2.73. The van der Waals surface area contributed by atoms with Crippen molar-refractivity contribution in [3.63, 3.8) is 0 Å². The van der Waals surface area contributed by atoms with Gasteiger partial charge in [-0.15, -0.1) is 26.7 Å². The molecular weight excluding hydrogens is 506 g/mol. The normalized spacial score (nSPS) is 15.8. The molecule has 0 aromatic heterocycles. The van der Waals surface area contributed by atoms with Gasteiger partial charge in [-0.05, 0) is 0 Å². The topological polar surface area (TPSA) is 0 Å². The van der Waals surface area contributed by atoms with E-state index in [4.69, 9.17) is 0 Å². The summed E-state index contributed by atoms with van der Waals surface area (Å²) in [6.07, 6.45) is 12.8. The summed E-state index contributed by atoms with van der Waals surface area (Å²) in [5.41, 5.74) is 5.42. The first-order valence-electron chi connectivity index (χ1n) is 5.10. The van der Waals surface area contributed by atoms with E-state index >= 15 is 0 Å². The monoisotopic (exact) mass is 524 g/mol. The Hall–Kier alpha value is 0.790. The van der Waals surface area contributed by atoms with Crippen LogP contribution in [0.25, 0.3) is 0 Å². The Bertz CT molecular complexity index is 270. The van der Waals surface area contributed by atoms with Crippen molar-refractivity contribution in [1.82, 2.24) is 0 Å². The Morgan fingerprint density at radius 1 is 0.765 bits per heavy atom. The molecule has 0 aliphatic heterocycles. The quantitative estimate of drug-likeness (QED) is 0.259. The van der Waals surface area contributed by atoms with Crippen molar-refractivity contribution < 1.29 is 59.8 Å². The average molecular weight is 525 g/mol. The number of halogens is 2. The summed E-state index contributed by atoms with van der Waals surface area (Å²) in [5.74, 6) is 0. The molecule has 0 aromatic carbocycles. The van der Waals surface area contributed by atoms with Crippen molar-refractivity contribution in [2.24, 2.45) is 0 Å². The van der Waals surface area contributed by atoms with Gasteiger partial charge in [-0.2, -0.15) is 12.2 Å². The summed E-state index contributed by atoms with van der Waals surface area (Å²) in [4.78, 5) is 0. The van der Waals surface area contributed by atoms with Crippen LogP contribution in [-0.2, 0) is 25.8 Å². The zero-order valence-electron chi connectivity index (χ0n) is 10.8. The van der Waals surface area contributed by atoms with E-state index in [-0.39, 0.29) is 59.8 Å². The second-order valence-electron chi connectivity index (χ2n) is 3.79. The molecule has 0 bridgehead atoms. The number of hydrogen-bond acceptors (Lipinski definition) is 0. The summed E-state index contributed by atoms with van der Waals surface area (Å²) in [5, 5.41) is 0. The van der Waals surface area contributed by atoms with E-state index in [1.54, 1.807) is 0 Å². The van der Waals surface area contributed by atoms with Crippen LogP contribution < -0.4 is 34.0 Å². The van der Waals surface area contributed by atoms with Crippen LogP contribution in [0.4, 0.5) is 0 Å². The molecular formula is C14H18Br2Hf. The van der Waals surface area contributed by atoms with E-state index in [1.165, 1.54) is 22.3 Å². The molecule has 0 saturated heterocycles. The molecule has 0 heterocycles. The Morgan fingerprint density at radius 2 is 1.06 bits per heavy atom. The maximum atomic E-state index is 3.19. The van der Waals surface area contributed by atoms with Crippen LogP contribution in [0.1, 0.15) is 40.5 Å². The van der Waals surface area contributed by atoms with E-state index in [0.717, 1.165) is 12.8 Å². The molecule has 0 aromatic rings. The minimum Gasteiger partial charge on any atom is -1.00 e. The van der Waals surface area contributed by atoms with Gasteiger partial charge in [0.15, 0.2) is 0 Å². The van der Waals surface area contributed by atoms with Crippen molar-refractivity contribution in [3.05, 3.63) is 46.6 Å². The summed E-state index contributed by atoms with van der Waals surface area (Å²) >= 11 is 0. The SMILES string of the molecule is CC1=[C-]CC=C1C.CC1=[C-]CC=C1C.[Br-].[Br-].[Hf+4]. The number of rotatable bonds is 0. The van der Waals surface area contributed by atoms with Crippen molar-refractivity contribution in [2.45, 2.75) is 40.5 Å². The van der Waals surface area contributed by atoms with Gasteiger partial charge >= 0.3 is 25.8 Å². The molecule has 0 unspecified atom stereocenters. The first-order valence-corrected chi connectivity index (χ1v) is 5.10. The van der Waals surface area contributed by atoms with Crippen LogP contribution in [0.3, 0.4) is 0 Å². The maximum absolute atomic E-state index is 3.19. The van der Waals surface area contributed by atoms with Gasteiger partial charge in [-0.3, -0.25) is 12.2 Å². The van der Waals surface area contributed by atoms with Gasteiger partial charge in [-0.25, -0.2) is 22.3 Å². The Kier molecular flexibility index (Phi) is 16.0. The second-order valence-corrected chi connectivity index (χ2v) is 3.79. The van der Waals surface area contributed by atoms with E-state index in [1.807, 2.05) is 0 Å². The van der Waals surface area contributed by atoms with Crippen molar-refractivity contribution in [3.8, 4) is 0 Å². The summed E-state index contributed by atoms with van der Waals surface area (Å²) < 4.78 is 0. The fraction of sp³-hybridized carbons (Fsp3) is 0.429. The Morgan fingerprint density at radius 3 is 1.12 bits per heavy atom. The molecule has 0 nitrogen and oxygen atoms in total. The van der Waals surface area contributed by atoms with Crippen LogP contribution in [0.15, 0.2) is 34.4 Å². The molecule has 0 N–H and O–H groups in total. The molecule has 2 aliphatic rings. The third-order valence-electron chi connectivity index (χ3n) is 2.73. The van der Waals surface area contributed by atoms with Gasteiger partial charge in [-0.1, -0.05) is 13.8 Å². The zero-order valence-corrected chi connectivity index (χ0v) is 17.6. The zero-order chi connectivity index (χ0) is 10.6. The van der Waals surface area contributed by atoms with Crippen molar-refractivity contribution >= 4 is 0 Å². The number of allylic oxidation sites excluding steroid dienone is 8. The third kappa shape index (κ3) is 8.50. The van der Waals surface area contributed by atoms with Crippen LogP contribution >= 0.6 is 0 Å².